The van der Waals surface area contributed by atoms with Gasteiger partial charge in [-0.1, -0.05) is 17.7 Å². The molecule has 0 saturated heterocycles. The molecular weight excluding hydrogens is 228 g/mol. The zero-order valence-electron chi connectivity index (χ0n) is 11.3. The number of hydrogen-bond donors (Lipinski definition) is 3. The molecule has 4 heteroatoms. The SMILES string of the molecule is Cc1cc(C)c(CCNCC(N)C(=O)O)c(C)c1. The lowest BCUT2D eigenvalue weighted by molar-refractivity contribution is -0.138. The largest absolute Gasteiger partial charge is 0.480 e. The number of carbonyl (C=O) groups is 1. The minimum Gasteiger partial charge on any atom is -0.480 e. The summed E-state index contributed by atoms with van der Waals surface area (Å²) in [5.41, 5.74) is 10.6. The van der Waals surface area contributed by atoms with Gasteiger partial charge in [-0.05, 0) is 50.4 Å². The molecule has 0 saturated carbocycles. The summed E-state index contributed by atoms with van der Waals surface area (Å²) in [6.45, 7) is 7.36. The van der Waals surface area contributed by atoms with Gasteiger partial charge in [0.1, 0.15) is 6.04 Å². The number of hydrogen-bond acceptors (Lipinski definition) is 3. The molecule has 4 nitrogen and oxygen atoms in total. The Morgan fingerprint density at radius 3 is 2.39 bits per heavy atom. The lowest BCUT2D eigenvalue weighted by Gasteiger charge is -2.13. The van der Waals surface area contributed by atoms with E-state index in [0.29, 0.717) is 6.54 Å². The van der Waals surface area contributed by atoms with Crippen LogP contribution in [0.1, 0.15) is 22.3 Å². The van der Waals surface area contributed by atoms with Gasteiger partial charge in [-0.15, -0.1) is 0 Å². The number of nitrogens with one attached hydrogen (secondary N) is 1. The number of nitrogens with two attached hydrogens (primary N) is 1. The molecule has 0 heterocycles. The third-order valence-corrected chi connectivity index (χ3v) is 3.07. The minimum absolute atomic E-state index is 0.305. The van der Waals surface area contributed by atoms with Crippen LogP contribution in [0.2, 0.25) is 0 Å². The Bertz CT molecular complexity index is 407. The maximum atomic E-state index is 10.5. The van der Waals surface area contributed by atoms with Gasteiger partial charge in [-0.2, -0.15) is 0 Å². The van der Waals surface area contributed by atoms with E-state index >= 15 is 0 Å². The second kappa shape index (κ2) is 6.52. The molecule has 4 N–H and O–H groups in total. The molecule has 1 rings (SSSR count). The first-order chi connectivity index (χ1) is 8.41. The summed E-state index contributed by atoms with van der Waals surface area (Å²) in [5.74, 6) is -0.967. The van der Waals surface area contributed by atoms with Crippen LogP contribution in [0.3, 0.4) is 0 Å². The summed E-state index contributed by atoms with van der Waals surface area (Å²) >= 11 is 0. The molecule has 0 amide bonds. The third kappa shape index (κ3) is 4.13. The summed E-state index contributed by atoms with van der Waals surface area (Å²) in [4.78, 5) is 10.5. The van der Waals surface area contributed by atoms with E-state index in [2.05, 4.69) is 38.2 Å². The summed E-state index contributed by atoms with van der Waals surface area (Å²) in [6.07, 6.45) is 0.893. The number of aryl methyl sites for hydroxylation is 3. The van der Waals surface area contributed by atoms with Crippen molar-refractivity contribution >= 4 is 5.97 Å². The van der Waals surface area contributed by atoms with E-state index in [-0.39, 0.29) is 0 Å². The van der Waals surface area contributed by atoms with Gasteiger partial charge < -0.3 is 16.2 Å². The van der Waals surface area contributed by atoms with Crippen LogP contribution in [0.4, 0.5) is 0 Å². The van der Waals surface area contributed by atoms with Crippen LogP contribution in [-0.4, -0.2) is 30.2 Å². The van der Waals surface area contributed by atoms with Crippen LogP contribution in [0.25, 0.3) is 0 Å². The van der Waals surface area contributed by atoms with Crippen LogP contribution in [0.15, 0.2) is 12.1 Å². The molecule has 1 aromatic carbocycles. The molecule has 18 heavy (non-hydrogen) atoms. The second-order valence-corrected chi connectivity index (χ2v) is 4.78. The van der Waals surface area contributed by atoms with Crippen molar-refractivity contribution in [3.05, 3.63) is 34.4 Å². The second-order valence-electron chi connectivity index (χ2n) is 4.78. The van der Waals surface area contributed by atoms with E-state index < -0.39 is 12.0 Å². The minimum atomic E-state index is -0.967. The van der Waals surface area contributed by atoms with Gasteiger partial charge in [0.15, 0.2) is 0 Å². The monoisotopic (exact) mass is 250 g/mol. The number of rotatable bonds is 6. The van der Waals surface area contributed by atoms with Gasteiger partial charge in [-0.3, -0.25) is 4.79 Å². The van der Waals surface area contributed by atoms with Gasteiger partial charge >= 0.3 is 5.97 Å². The number of benzene rings is 1. The standard InChI is InChI=1S/C14H22N2O2/c1-9-6-10(2)12(11(3)7-9)4-5-16-8-13(15)14(17)18/h6-7,13,16H,4-5,8,15H2,1-3H3,(H,17,18). The fourth-order valence-electron chi connectivity index (χ4n) is 2.16. The quantitative estimate of drug-likeness (QED) is 0.662. The predicted molar refractivity (Wildman–Crippen MR) is 72.8 cm³/mol. The van der Waals surface area contributed by atoms with E-state index in [1.807, 2.05) is 0 Å². The Morgan fingerprint density at radius 2 is 1.89 bits per heavy atom. The maximum absolute atomic E-state index is 10.5. The first-order valence-corrected chi connectivity index (χ1v) is 6.17. The average Bonchev–Trinajstić information content (AvgIpc) is 2.26. The highest BCUT2D eigenvalue weighted by Crippen LogP contribution is 2.16. The average molecular weight is 250 g/mol. The third-order valence-electron chi connectivity index (χ3n) is 3.07. The Labute approximate surface area is 108 Å². The molecule has 0 radical (unpaired) electrons. The Morgan fingerprint density at radius 1 is 1.33 bits per heavy atom. The van der Waals surface area contributed by atoms with Crippen molar-refractivity contribution in [3.8, 4) is 0 Å². The van der Waals surface area contributed by atoms with Crippen molar-refractivity contribution < 1.29 is 9.90 Å². The van der Waals surface area contributed by atoms with Crippen LogP contribution in [-0.2, 0) is 11.2 Å². The Balaban J connectivity index is 2.47. The lowest BCUT2D eigenvalue weighted by atomic mass is 9.97. The van der Waals surface area contributed by atoms with Gasteiger partial charge in [0, 0.05) is 6.54 Å². The topological polar surface area (TPSA) is 75.3 Å². The molecule has 100 valence electrons. The molecule has 1 aromatic rings. The summed E-state index contributed by atoms with van der Waals surface area (Å²) in [6, 6.07) is 3.52. The maximum Gasteiger partial charge on any atom is 0.321 e. The van der Waals surface area contributed by atoms with Gasteiger partial charge in [0.25, 0.3) is 0 Å². The van der Waals surface area contributed by atoms with Crippen molar-refractivity contribution in [3.63, 3.8) is 0 Å². The fourth-order valence-corrected chi connectivity index (χ4v) is 2.16. The first kappa shape index (κ1) is 14.7. The summed E-state index contributed by atoms with van der Waals surface area (Å²) in [7, 11) is 0. The van der Waals surface area contributed by atoms with E-state index in [4.69, 9.17) is 10.8 Å². The van der Waals surface area contributed by atoms with Crippen molar-refractivity contribution in [1.29, 1.82) is 0 Å². The van der Waals surface area contributed by atoms with Gasteiger partial charge in [0.2, 0.25) is 0 Å². The highest BCUT2D eigenvalue weighted by atomic mass is 16.4. The van der Waals surface area contributed by atoms with Crippen molar-refractivity contribution in [2.75, 3.05) is 13.1 Å². The van der Waals surface area contributed by atoms with Crippen molar-refractivity contribution in [1.82, 2.24) is 5.32 Å². The smallest absolute Gasteiger partial charge is 0.321 e. The zero-order valence-corrected chi connectivity index (χ0v) is 11.3. The van der Waals surface area contributed by atoms with Crippen molar-refractivity contribution in [2.24, 2.45) is 5.73 Å². The van der Waals surface area contributed by atoms with E-state index in [9.17, 15) is 4.79 Å². The van der Waals surface area contributed by atoms with Crippen LogP contribution in [0.5, 0.6) is 0 Å². The molecule has 0 fully saturated rings. The number of carboxylic acids is 1. The fraction of sp³-hybridized carbons (Fsp3) is 0.500. The van der Waals surface area contributed by atoms with E-state index in [0.717, 1.165) is 13.0 Å². The highest BCUT2D eigenvalue weighted by molar-refractivity contribution is 5.73. The molecule has 0 aliphatic heterocycles. The van der Waals surface area contributed by atoms with Crippen LogP contribution in [0, 0.1) is 20.8 Å². The molecule has 1 unspecified atom stereocenters. The van der Waals surface area contributed by atoms with Gasteiger partial charge in [-0.25, -0.2) is 0 Å². The molecule has 0 aromatic heterocycles. The molecular formula is C14H22N2O2. The Kier molecular flexibility index (Phi) is 5.31. The zero-order chi connectivity index (χ0) is 13.7. The van der Waals surface area contributed by atoms with Crippen molar-refractivity contribution in [2.45, 2.75) is 33.2 Å². The molecule has 0 aliphatic rings. The number of carboxylic acid groups (broad SMARTS) is 1. The van der Waals surface area contributed by atoms with Crippen LogP contribution < -0.4 is 11.1 Å². The number of aliphatic carboxylic acids is 1. The summed E-state index contributed by atoms with van der Waals surface area (Å²) < 4.78 is 0. The molecule has 0 bridgehead atoms. The van der Waals surface area contributed by atoms with Gasteiger partial charge in [0.05, 0.1) is 0 Å². The summed E-state index contributed by atoms with van der Waals surface area (Å²) in [5, 5.41) is 11.7. The van der Waals surface area contributed by atoms with Crippen LogP contribution >= 0.6 is 0 Å². The lowest BCUT2D eigenvalue weighted by Crippen LogP contribution is -2.40. The predicted octanol–water partition coefficient (Wildman–Crippen LogP) is 1.16. The van der Waals surface area contributed by atoms with E-state index in [1.165, 1.54) is 22.3 Å². The molecule has 0 aliphatic carbocycles. The Hall–Kier alpha value is -1.39. The molecule has 0 spiro atoms. The van der Waals surface area contributed by atoms with E-state index in [1.54, 1.807) is 0 Å². The highest BCUT2D eigenvalue weighted by Gasteiger charge is 2.10. The normalized spacial score (nSPS) is 12.4. The first-order valence-electron chi connectivity index (χ1n) is 6.17. The molecule has 1 atom stereocenters.